The van der Waals surface area contributed by atoms with Gasteiger partial charge in [0.25, 0.3) is 0 Å². The van der Waals surface area contributed by atoms with E-state index in [0.29, 0.717) is 12.3 Å². The number of esters is 1. The number of amides is 1. The Kier molecular flexibility index (Phi) is 9.71. The van der Waals surface area contributed by atoms with E-state index in [1.165, 1.54) is 49.8 Å². The molecule has 11 heteroatoms. The van der Waals surface area contributed by atoms with Crippen LogP contribution in [0.25, 0.3) is 0 Å². The lowest BCUT2D eigenvalue weighted by Crippen LogP contribution is -2.40. The maximum atomic E-state index is 13.5. The van der Waals surface area contributed by atoms with Crippen molar-refractivity contribution in [2.45, 2.75) is 56.9 Å². The maximum absolute atomic E-state index is 13.5. The highest BCUT2D eigenvalue weighted by Gasteiger charge is 2.31. The van der Waals surface area contributed by atoms with Crippen molar-refractivity contribution >= 4 is 39.2 Å². The van der Waals surface area contributed by atoms with Crippen molar-refractivity contribution in [2.75, 3.05) is 11.8 Å². The Morgan fingerprint density at radius 2 is 1.69 bits per heavy atom. The van der Waals surface area contributed by atoms with Crippen LogP contribution in [0.4, 0.5) is 5.69 Å². The molecule has 0 spiro atoms. The smallest absolute Gasteiger partial charge is 0.357 e. The van der Waals surface area contributed by atoms with Gasteiger partial charge in [0.2, 0.25) is 5.91 Å². The lowest BCUT2D eigenvalue weighted by Gasteiger charge is -2.22. The molecule has 39 heavy (non-hydrogen) atoms. The summed E-state index contributed by atoms with van der Waals surface area (Å²) in [6.45, 7) is 0. The minimum atomic E-state index is -4.39. The van der Waals surface area contributed by atoms with Crippen molar-refractivity contribution in [3.8, 4) is 0 Å². The standard InChI is InChI=1S/C28H33N3O6S2/c1-37-28(33)23(16-19-8-4-2-5-9-19)26(32)29-24(17-20-12-14-22(15-13-20)31-39(34,35)36)27-30-25(18-38-27)21-10-6-3-7-11-21/h2,4-5,8-9,12-15,18,21,23-24,31H,3,6-7,10-11,16-17H2,1H3,(H,29,32)(H,34,35,36)/t23-,24-/m0/s1. The van der Waals surface area contributed by atoms with E-state index in [9.17, 15) is 18.0 Å². The molecule has 0 aliphatic heterocycles. The van der Waals surface area contributed by atoms with Gasteiger partial charge in [0, 0.05) is 11.3 Å². The Bertz CT molecular complexity index is 1350. The van der Waals surface area contributed by atoms with Crippen LogP contribution in [0.5, 0.6) is 0 Å². The summed E-state index contributed by atoms with van der Waals surface area (Å²) in [5, 5.41) is 5.85. The van der Waals surface area contributed by atoms with E-state index in [-0.39, 0.29) is 12.1 Å². The second kappa shape index (κ2) is 13.2. The van der Waals surface area contributed by atoms with Crippen LogP contribution in [0.2, 0.25) is 0 Å². The first kappa shape index (κ1) is 28.7. The number of ether oxygens (including phenoxy) is 1. The van der Waals surface area contributed by atoms with E-state index in [2.05, 4.69) is 10.7 Å². The molecule has 4 rings (SSSR count). The third kappa shape index (κ3) is 8.35. The fraction of sp³-hybridized carbons (Fsp3) is 0.393. The van der Waals surface area contributed by atoms with Gasteiger partial charge in [-0.1, -0.05) is 61.7 Å². The van der Waals surface area contributed by atoms with Crippen LogP contribution in [0, 0.1) is 5.92 Å². The molecule has 1 amide bonds. The molecule has 0 bridgehead atoms. The van der Waals surface area contributed by atoms with Gasteiger partial charge in [-0.3, -0.25) is 18.9 Å². The monoisotopic (exact) mass is 571 g/mol. The van der Waals surface area contributed by atoms with Crippen LogP contribution < -0.4 is 10.0 Å². The highest BCUT2D eigenvalue weighted by Crippen LogP contribution is 2.35. The van der Waals surface area contributed by atoms with Crippen LogP contribution in [0.3, 0.4) is 0 Å². The molecule has 1 aliphatic rings. The number of benzene rings is 2. The number of hydrogen-bond donors (Lipinski definition) is 3. The number of hydrogen-bond acceptors (Lipinski definition) is 7. The first-order valence-corrected chi connectivity index (χ1v) is 15.3. The Balaban J connectivity index is 1.57. The molecule has 0 unspecified atom stereocenters. The van der Waals surface area contributed by atoms with Gasteiger partial charge in [0.05, 0.1) is 24.5 Å². The highest BCUT2D eigenvalue weighted by atomic mass is 32.2. The highest BCUT2D eigenvalue weighted by molar-refractivity contribution is 7.87. The van der Waals surface area contributed by atoms with Gasteiger partial charge in [-0.05, 0) is 48.9 Å². The number of carbonyl (C=O) groups is 2. The normalized spacial score (nSPS) is 15.7. The average Bonchev–Trinajstić information content (AvgIpc) is 3.43. The summed E-state index contributed by atoms with van der Waals surface area (Å²) >= 11 is 1.49. The molecule has 1 aliphatic carbocycles. The zero-order chi connectivity index (χ0) is 27.8. The number of carbonyl (C=O) groups excluding carboxylic acids is 2. The molecule has 3 N–H and O–H groups in total. The van der Waals surface area contributed by atoms with Crippen molar-refractivity contribution in [3.05, 3.63) is 81.8 Å². The van der Waals surface area contributed by atoms with E-state index < -0.39 is 34.1 Å². The molecule has 2 aromatic carbocycles. The van der Waals surface area contributed by atoms with Gasteiger partial charge >= 0.3 is 16.3 Å². The Hall–Kier alpha value is -3.28. The van der Waals surface area contributed by atoms with Crippen molar-refractivity contribution in [1.82, 2.24) is 10.3 Å². The number of anilines is 1. The topological polar surface area (TPSA) is 135 Å². The van der Waals surface area contributed by atoms with E-state index in [4.69, 9.17) is 14.3 Å². The van der Waals surface area contributed by atoms with Crippen LogP contribution in [0.1, 0.15) is 65.9 Å². The van der Waals surface area contributed by atoms with Crippen molar-refractivity contribution < 1.29 is 27.3 Å². The molecule has 1 heterocycles. The number of aromatic nitrogens is 1. The molecule has 0 radical (unpaired) electrons. The number of nitrogens with one attached hydrogen (secondary N) is 2. The van der Waals surface area contributed by atoms with Gasteiger partial charge < -0.3 is 10.1 Å². The first-order valence-electron chi connectivity index (χ1n) is 12.9. The summed E-state index contributed by atoms with van der Waals surface area (Å²) in [6, 6.07) is 15.3. The summed E-state index contributed by atoms with van der Waals surface area (Å²) in [6.07, 6.45) is 6.38. The predicted molar refractivity (Wildman–Crippen MR) is 150 cm³/mol. The van der Waals surface area contributed by atoms with Gasteiger partial charge in [0.1, 0.15) is 10.9 Å². The molecule has 208 valence electrons. The molecule has 1 saturated carbocycles. The third-order valence-corrected chi connectivity index (χ3v) is 8.37. The molecule has 0 saturated heterocycles. The lowest BCUT2D eigenvalue weighted by molar-refractivity contribution is -0.150. The van der Waals surface area contributed by atoms with E-state index in [1.54, 1.807) is 12.1 Å². The van der Waals surface area contributed by atoms with Crippen molar-refractivity contribution in [1.29, 1.82) is 0 Å². The average molecular weight is 572 g/mol. The van der Waals surface area contributed by atoms with Gasteiger partial charge in [-0.2, -0.15) is 8.42 Å². The second-order valence-corrected chi connectivity index (χ2v) is 11.8. The number of methoxy groups -OCH3 is 1. The zero-order valence-electron chi connectivity index (χ0n) is 21.7. The first-order chi connectivity index (χ1) is 18.7. The number of thiazole rings is 1. The van der Waals surface area contributed by atoms with Crippen LogP contribution in [-0.4, -0.2) is 36.9 Å². The zero-order valence-corrected chi connectivity index (χ0v) is 23.3. The molecule has 1 fully saturated rings. The van der Waals surface area contributed by atoms with Crippen LogP contribution >= 0.6 is 11.3 Å². The predicted octanol–water partition coefficient (Wildman–Crippen LogP) is 4.84. The molecule has 3 aromatic rings. The molecule has 9 nitrogen and oxygen atoms in total. The molecule has 2 atom stereocenters. The van der Waals surface area contributed by atoms with Crippen LogP contribution in [-0.2, 0) is 37.5 Å². The quantitative estimate of drug-likeness (QED) is 0.170. The third-order valence-electron chi connectivity index (χ3n) is 6.90. The van der Waals surface area contributed by atoms with E-state index >= 15 is 0 Å². The van der Waals surface area contributed by atoms with Gasteiger partial charge in [-0.25, -0.2) is 4.98 Å². The fourth-order valence-corrected chi connectivity index (χ4v) is 6.27. The summed E-state index contributed by atoms with van der Waals surface area (Å²) in [7, 11) is -3.12. The second-order valence-electron chi connectivity index (χ2n) is 9.75. The van der Waals surface area contributed by atoms with Gasteiger partial charge in [-0.15, -0.1) is 11.3 Å². The fourth-order valence-electron chi connectivity index (χ4n) is 4.89. The lowest BCUT2D eigenvalue weighted by atomic mass is 9.87. The van der Waals surface area contributed by atoms with Crippen LogP contribution in [0.15, 0.2) is 60.0 Å². The molecule has 1 aromatic heterocycles. The number of rotatable bonds is 11. The summed E-state index contributed by atoms with van der Waals surface area (Å²) in [5.41, 5.74) is 2.91. The minimum Gasteiger partial charge on any atom is -0.468 e. The Morgan fingerprint density at radius 1 is 1.03 bits per heavy atom. The van der Waals surface area contributed by atoms with Crippen molar-refractivity contribution in [3.63, 3.8) is 0 Å². The van der Waals surface area contributed by atoms with E-state index in [1.807, 2.05) is 35.1 Å². The summed E-state index contributed by atoms with van der Waals surface area (Å²) < 4.78 is 38.3. The van der Waals surface area contributed by atoms with E-state index in [0.717, 1.165) is 34.7 Å². The maximum Gasteiger partial charge on any atom is 0.357 e. The number of nitrogens with zero attached hydrogens (tertiary/aromatic N) is 1. The summed E-state index contributed by atoms with van der Waals surface area (Å²) in [5.74, 6) is -1.68. The minimum absolute atomic E-state index is 0.202. The largest absolute Gasteiger partial charge is 0.468 e. The van der Waals surface area contributed by atoms with Crippen molar-refractivity contribution in [2.24, 2.45) is 5.92 Å². The summed E-state index contributed by atoms with van der Waals surface area (Å²) in [4.78, 5) is 31.0. The SMILES string of the molecule is COC(=O)[C@@H](Cc1ccccc1)C(=O)N[C@@H](Cc1ccc(NS(=O)(=O)O)cc1)c1nc(C2CCCCC2)cs1. The Labute approximate surface area is 232 Å². The Morgan fingerprint density at radius 3 is 2.33 bits per heavy atom. The van der Waals surface area contributed by atoms with Gasteiger partial charge in [0.15, 0.2) is 0 Å². The molecular formula is C28H33N3O6S2. The molecular weight excluding hydrogens is 538 g/mol.